The molecule has 4 nitrogen and oxygen atoms in total. The first kappa shape index (κ1) is 17.6. The highest BCUT2D eigenvalue weighted by molar-refractivity contribution is 7.98. The van der Waals surface area contributed by atoms with E-state index in [1.54, 1.807) is 11.8 Å². The lowest BCUT2D eigenvalue weighted by atomic mass is 9.90. The van der Waals surface area contributed by atoms with Crippen LogP contribution in [0.5, 0.6) is 0 Å². The minimum atomic E-state index is 0.0318. The van der Waals surface area contributed by atoms with Crippen molar-refractivity contribution < 1.29 is 9.53 Å². The summed E-state index contributed by atoms with van der Waals surface area (Å²) in [5.74, 6) is 0.632. The summed E-state index contributed by atoms with van der Waals surface area (Å²) in [7, 11) is 0. The highest BCUT2D eigenvalue weighted by Gasteiger charge is 2.31. The van der Waals surface area contributed by atoms with E-state index in [2.05, 4.69) is 35.8 Å². The molecule has 2 aliphatic rings. The van der Waals surface area contributed by atoms with Gasteiger partial charge in [-0.25, -0.2) is 4.79 Å². The first-order valence-electron chi connectivity index (χ1n) is 8.98. The number of carbonyl (C=O) groups is 1. The third kappa shape index (κ3) is 4.25. The summed E-state index contributed by atoms with van der Waals surface area (Å²) in [6.07, 6.45) is 7.02. The fourth-order valence-corrected chi connectivity index (χ4v) is 4.11. The van der Waals surface area contributed by atoms with Crippen LogP contribution in [0, 0.1) is 5.92 Å². The third-order valence-electron chi connectivity index (χ3n) is 5.27. The Kier molecular flexibility index (Phi) is 6.06. The smallest absolute Gasteiger partial charge is 0.317 e. The minimum Gasteiger partial charge on any atom is -0.378 e. The predicted octanol–water partition coefficient (Wildman–Crippen LogP) is 4.07. The van der Waals surface area contributed by atoms with Crippen LogP contribution in [0.1, 0.15) is 44.2 Å². The van der Waals surface area contributed by atoms with Gasteiger partial charge >= 0.3 is 6.03 Å². The lowest BCUT2D eigenvalue weighted by Gasteiger charge is -2.35. The zero-order valence-corrected chi connectivity index (χ0v) is 15.5. The number of likely N-dealkylation sites (tertiary alicyclic amines) is 1. The van der Waals surface area contributed by atoms with E-state index in [1.807, 2.05) is 11.8 Å². The van der Waals surface area contributed by atoms with Crippen molar-refractivity contribution in [2.45, 2.75) is 49.6 Å². The number of nitrogens with one attached hydrogen (secondary N) is 1. The Morgan fingerprint density at radius 3 is 2.54 bits per heavy atom. The fraction of sp³-hybridized carbons (Fsp3) is 0.632. The molecule has 0 spiro atoms. The van der Waals surface area contributed by atoms with Crippen molar-refractivity contribution >= 4 is 17.8 Å². The van der Waals surface area contributed by atoms with Crippen LogP contribution in [-0.4, -0.2) is 43.0 Å². The van der Waals surface area contributed by atoms with Crippen molar-refractivity contribution in [1.29, 1.82) is 0 Å². The highest BCUT2D eigenvalue weighted by Crippen LogP contribution is 2.29. The number of thioether (sulfide) groups is 1. The lowest BCUT2D eigenvalue weighted by molar-refractivity contribution is 0.0371. The van der Waals surface area contributed by atoms with Crippen LogP contribution in [-0.2, 0) is 4.74 Å². The number of urea groups is 1. The standard InChI is InChI=1S/C19H28N2O2S/c1-14(15-5-7-17(24-2)8-6-15)20-19(22)21-11-9-16(10-12-21)18-4-3-13-23-18/h5-8,14,16,18H,3-4,9-13H2,1-2H3,(H,20,22)/t14-,18-/m1/s1. The molecule has 132 valence electrons. The lowest BCUT2D eigenvalue weighted by Crippen LogP contribution is -2.46. The summed E-state index contributed by atoms with van der Waals surface area (Å²) in [6, 6.07) is 8.50. The molecule has 5 heteroatoms. The Morgan fingerprint density at radius 1 is 1.25 bits per heavy atom. The Balaban J connectivity index is 1.47. The Morgan fingerprint density at radius 2 is 1.96 bits per heavy atom. The van der Waals surface area contributed by atoms with Gasteiger partial charge in [0, 0.05) is 24.6 Å². The second-order valence-corrected chi connectivity index (χ2v) is 7.70. The van der Waals surface area contributed by atoms with E-state index in [1.165, 1.54) is 17.7 Å². The zero-order valence-electron chi connectivity index (χ0n) is 14.7. The molecule has 2 fully saturated rings. The largest absolute Gasteiger partial charge is 0.378 e. The maximum absolute atomic E-state index is 12.5. The molecule has 3 rings (SSSR count). The van der Waals surface area contributed by atoms with Crippen LogP contribution in [0.4, 0.5) is 4.79 Å². The van der Waals surface area contributed by atoms with Gasteiger partial charge in [0.2, 0.25) is 0 Å². The molecule has 0 radical (unpaired) electrons. The first-order valence-corrected chi connectivity index (χ1v) is 10.2. The maximum Gasteiger partial charge on any atom is 0.317 e. The average Bonchev–Trinajstić information content (AvgIpc) is 3.16. The molecule has 2 amide bonds. The molecule has 0 aliphatic carbocycles. The summed E-state index contributed by atoms with van der Waals surface area (Å²) >= 11 is 1.73. The SMILES string of the molecule is CSc1ccc([C@@H](C)NC(=O)N2CCC([C@H]3CCCO3)CC2)cc1. The summed E-state index contributed by atoms with van der Waals surface area (Å²) in [5.41, 5.74) is 1.15. The second kappa shape index (κ2) is 8.26. The fourth-order valence-electron chi connectivity index (χ4n) is 3.70. The van der Waals surface area contributed by atoms with Gasteiger partial charge in [0.05, 0.1) is 12.1 Å². The molecule has 1 N–H and O–H groups in total. The van der Waals surface area contributed by atoms with Crippen LogP contribution in [0.25, 0.3) is 0 Å². The molecular weight excluding hydrogens is 320 g/mol. The van der Waals surface area contributed by atoms with E-state index in [0.29, 0.717) is 12.0 Å². The van der Waals surface area contributed by atoms with Crippen LogP contribution in [0.2, 0.25) is 0 Å². The minimum absolute atomic E-state index is 0.0318. The molecule has 2 aliphatic heterocycles. The van der Waals surface area contributed by atoms with Gasteiger partial charge in [0.25, 0.3) is 0 Å². The molecule has 0 unspecified atom stereocenters. The van der Waals surface area contributed by atoms with Crippen molar-refractivity contribution in [3.63, 3.8) is 0 Å². The average molecular weight is 349 g/mol. The summed E-state index contributed by atoms with van der Waals surface area (Å²) < 4.78 is 5.81. The Hall–Kier alpha value is -1.20. The molecule has 2 atom stereocenters. The van der Waals surface area contributed by atoms with Crippen LogP contribution in [0.3, 0.4) is 0 Å². The number of hydrogen-bond acceptors (Lipinski definition) is 3. The van der Waals surface area contributed by atoms with Gasteiger partial charge in [-0.05, 0) is 62.5 Å². The van der Waals surface area contributed by atoms with Gasteiger partial charge in [0.1, 0.15) is 0 Å². The van der Waals surface area contributed by atoms with Gasteiger partial charge in [-0.15, -0.1) is 11.8 Å². The predicted molar refractivity (Wildman–Crippen MR) is 98.4 cm³/mol. The highest BCUT2D eigenvalue weighted by atomic mass is 32.2. The third-order valence-corrected chi connectivity index (χ3v) is 6.02. The zero-order chi connectivity index (χ0) is 16.9. The summed E-state index contributed by atoms with van der Waals surface area (Å²) in [5, 5.41) is 3.14. The van der Waals surface area contributed by atoms with Crippen LogP contribution < -0.4 is 5.32 Å². The van der Waals surface area contributed by atoms with Gasteiger partial charge in [-0.1, -0.05) is 12.1 Å². The Bertz CT molecular complexity index is 535. The summed E-state index contributed by atoms with van der Waals surface area (Å²) in [6.45, 7) is 4.65. The van der Waals surface area contributed by atoms with E-state index in [0.717, 1.165) is 38.1 Å². The molecule has 0 bridgehead atoms. The van der Waals surface area contributed by atoms with Crippen molar-refractivity contribution in [1.82, 2.24) is 10.2 Å². The molecule has 1 aromatic rings. The number of amides is 2. The number of ether oxygens (including phenoxy) is 1. The van der Waals surface area contributed by atoms with Crippen molar-refractivity contribution in [2.24, 2.45) is 5.92 Å². The van der Waals surface area contributed by atoms with Crippen LogP contribution >= 0.6 is 11.8 Å². The van der Waals surface area contributed by atoms with E-state index < -0.39 is 0 Å². The molecule has 24 heavy (non-hydrogen) atoms. The van der Waals surface area contributed by atoms with E-state index >= 15 is 0 Å². The van der Waals surface area contributed by atoms with Gasteiger partial charge in [-0.2, -0.15) is 0 Å². The summed E-state index contributed by atoms with van der Waals surface area (Å²) in [4.78, 5) is 15.7. The number of nitrogens with zero attached hydrogens (tertiary/aromatic N) is 1. The van der Waals surface area contributed by atoms with E-state index in [4.69, 9.17) is 4.74 Å². The van der Waals surface area contributed by atoms with Crippen molar-refractivity contribution in [3.05, 3.63) is 29.8 Å². The van der Waals surface area contributed by atoms with Gasteiger partial charge in [-0.3, -0.25) is 0 Å². The van der Waals surface area contributed by atoms with Crippen LogP contribution in [0.15, 0.2) is 29.2 Å². The monoisotopic (exact) mass is 348 g/mol. The van der Waals surface area contributed by atoms with E-state index in [-0.39, 0.29) is 12.1 Å². The number of benzene rings is 1. The van der Waals surface area contributed by atoms with E-state index in [9.17, 15) is 4.79 Å². The molecular formula is C19H28N2O2S. The Labute approximate surface area is 149 Å². The van der Waals surface area contributed by atoms with Crippen molar-refractivity contribution in [2.75, 3.05) is 26.0 Å². The number of rotatable bonds is 4. The molecule has 2 saturated heterocycles. The maximum atomic E-state index is 12.5. The number of piperidine rings is 1. The topological polar surface area (TPSA) is 41.6 Å². The van der Waals surface area contributed by atoms with Gasteiger partial charge in [0.15, 0.2) is 0 Å². The second-order valence-electron chi connectivity index (χ2n) is 6.82. The quantitative estimate of drug-likeness (QED) is 0.834. The number of carbonyl (C=O) groups excluding carboxylic acids is 1. The number of hydrogen-bond donors (Lipinski definition) is 1. The molecule has 1 aromatic carbocycles. The normalized spacial score (nSPS) is 23.2. The molecule has 0 aromatic heterocycles. The molecule has 2 heterocycles. The first-order chi connectivity index (χ1) is 11.7. The van der Waals surface area contributed by atoms with Crippen molar-refractivity contribution in [3.8, 4) is 0 Å². The molecule has 0 saturated carbocycles. The van der Waals surface area contributed by atoms with Gasteiger partial charge < -0.3 is 15.0 Å².